The van der Waals surface area contributed by atoms with Crippen LogP contribution in [0.1, 0.15) is 16.7 Å². The first-order valence-electron chi connectivity index (χ1n) is 6.99. The number of fused-ring (bicyclic) bond motifs is 1. The van der Waals surface area contributed by atoms with E-state index in [0.717, 1.165) is 0 Å². The van der Waals surface area contributed by atoms with Crippen molar-refractivity contribution in [1.29, 1.82) is 0 Å². The highest BCUT2D eigenvalue weighted by molar-refractivity contribution is 5.92. The summed E-state index contributed by atoms with van der Waals surface area (Å²) in [7, 11) is 0. The zero-order valence-electron chi connectivity index (χ0n) is 12.5. The fourth-order valence-electron chi connectivity index (χ4n) is 2.84. The SMILES string of the molecule is Cc1cc(C)c2c(C(F)(F)F)c(-c3ccccc3)oc(=O)c2c1. The van der Waals surface area contributed by atoms with Gasteiger partial charge in [0.25, 0.3) is 0 Å². The van der Waals surface area contributed by atoms with E-state index in [0.29, 0.717) is 11.1 Å². The Labute approximate surface area is 130 Å². The molecule has 0 aliphatic carbocycles. The highest BCUT2D eigenvalue weighted by Gasteiger charge is 2.38. The van der Waals surface area contributed by atoms with Gasteiger partial charge < -0.3 is 4.42 Å². The van der Waals surface area contributed by atoms with Crippen molar-refractivity contribution in [1.82, 2.24) is 0 Å². The van der Waals surface area contributed by atoms with E-state index in [4.69, 9.17) is 4.42 Å². The molecule has 0 N–H and O–H groups in total. The van der Waals surface area contributed by atoms with Crippen molar-refractivity contribution in [3.8, 4) is 11.3 Å². The third-order valence-electron chi connectivity index (χ3n) is 3.69. The maximum absolute atomic E-state index is 13.7. The lowest BCUT2D eigenvalue weighted by Gasteiger charge is -2.16. The molecule has 0 aliphatic rings. The molecule has 3 rings (SSSR count). The van der Waals surface area contributed by atoms with E-state index in [1.807, 2.05) is 0 Å². The van der Waals surface area contributed by atoms with Crippen molar-refractivity contribution in [3.05, 3.63) is 69.6 Å². The van der Waals surface area contributed by atoms with Gasteiger partial charge in [0, 0.05) is 10.9 Å². The Morgan fingerprint density at radius 3 is 2.26 bits per heavy atom. The summed E-state index contributed by atoms with van der Waals surface area (Å²) in [6.07, 6.45) is -4.64. The molecule has 0 radical (unpaired) electrons. The molecule has 0 bridgehead atoms. The molecule has 2 nitrogen and oxygen atoms in total. The molecular formula is C18H13F3O2. The van der Waals surface area contributed by atoms with Crippen molar-refractivity contribution >= 4 is 10.8 Å². The summed E-state index contributed by atoms with van der Waals surface area (Å²) >= 11 is 0. The third-order valence-corrected chi connectivity index (χ3v) is 3.69. The van der Waals surface area contributed by atoms with Gasteiger partial charge in [-0.1, -0.05) is 36.4 Å². The summed E-state index contributed by atoms with van der Waals surface area (Å²) in [5, 5.41) is -0.146. The Bertz CT molecular complexity index is 938. The van der Waals surface area contributed by atoms with Crippen LogP contribution in [-0.4, -0.2) is 0 Å². The molecule has 0 unspecified atom stereocenters. The second kappa shape index (κ2) is 5.26. The molecular weight excluding hydrogens is 305 g/mol. The Kier molecular flexibility index (Phi) is 3.51. The van der Waals surface area contributed by atoms with Crippen molar-refractivity contribution < 1.29 is 17.6 Å². The third kappa shape index (κ3) is 2.63. The lowest BCUT2D eigenvalue weighted by atomic mass is 9.96. The van der Waals surface area contributed by atoms with Gasteiger partial charge in [0.2, 0.25) is 0 Å². The average Bonchev–Trinajstić information content (AvgIpc) is 2.47. The second-order valence-electron chi connectivity index (χ2n) is 5.46. The quantitative estimate of drug-likeness (QED) is 0.625. The van der Waals surface area contributed by atoms with Gasteiger partial charge in [-0.3, -0.25) is 0 Å². The molecule has 23 heavy (non-hydrogen) atoms. The molecule has 3 aromatic rings. The minimum atomic E-state index is -4.64. The van der Waals surface area contributed by atoms with Gasteiger partial charge in [0.15, 0.2) is 5.76 Å². The van der Waals surface area contributed by atoms with E-state index >= 15 is 0 Å². The second-order valence-corrected chi connectivity index (χ2v) is 5.46. The first kappa shape index (κ1) is 15.3. The van der Waals surface area contributed by atoms with E-state index in [-0.39, 0.29) is 16.3 Å². The number of benzene rings is 2. The van der Waals surface area contributed by atoms with Crippen LogP contribution in [0.4, 0.5) is 13.2 Å². The van der Waals surface area contributed by atoms with Crippen LogP contribution >= 0.6 is 0 Å². The predicted molar refractivity (Wildman–Crippen MR) is 82.4 cm³/mol. The lowest BCUT2D eigenvalue weighted by molar-refractivity contribution is -0.136. The summed E-state index contributed by atoms with van der Waals surface area (Å²) < 4.78 is 46.2. The molecule has 2 aromatic carbocycles. The molecule has 118 valence electrons. The molecule has 0 saturated carbocycles. The summed E-state index contributed by atoms with van der Waals surface area (Å²) in [5.41, 5.74) is -0.339. The van der Waals surface area contributed by atoms with Crippen LogP contribution in [0.3, 0.4) is 0 Å². The molecule has 0 atom stereocenters. The summed E-state index contributed by atoms with van der Waals surface area (Å²) in [6.45, 7) is 3.29. The average molecular weight is 318 g/mol. The fraction of sp³-hybridized carbons (Fsp3) is 0.167. The van der Waals surface area contributed by atoms with Gasteiger partial charge >= 0.3 is 11.8 Å². The topological polar surface area (TPSA) is 30.2 Å². The van der Waals surface area contributed by atoms with Crippen molar-refractivity contribution in [2.24, 2.45) is 0 Å². The Morgan fingerprint density at radius 1 is 1.00 bits per heavy atom. The minimum absolute atomic E-state index is 0.0468. The van der Waals surface area contributed by atoms with Gasteiger partial charge in [0.1, 0.15) is 5.56 Å². The summed E-state index contributed by atoms with van der Waals surface area (Å²) in [6, 6.07) is 10.9. The molecule has 0 spiro atoms. The van der Waals surface area contributed by atoms with E-state index < -0.39 is 23.1 Å². The van der Waals surface area contributed by atoms with Gasteiger partial charge in [-0.2, -0.15) is 13.2 Å². The monoisotopic (exact) mass is 318 g/mol. The van der Waals surface area contributed by atoms with Crippen molar-refractivity contribution in [2.75, 3.05) is 0 Å². The maximum Gasteiger partial charge on any atom is 0.420 e. The normalized spacial score (nSPS) is 11.9. The maximum atomic E-state index is 13.7. The minimum Gasteiger partial charge on any atom is -0.422 e. The summed E-state index contributed by atoms with van der Waals surface area (Å²) in [4.78, 5) is 12.2. The highest BCUT2D eigenvalue weighted by atomic mass is 19.4. The molecule has 0 amide bonds. The van der Waals surface area contributed by atoms with Crippen LogP contribution in [-0.2, 0) is 6.18 Å². The first-order chi connectivity index (χ1) is 10.8. The van der Waals surface area contributed by atoms with E-state index in [1.54, 1.807) is 38.1 Å². The largest absolute Gasteiger partial charge is 0.422 e. The molecule has 1 heterocycles. The van der Waals surface area contributed by atoms with Crippen LogP contribution in [0.2, 0.25) is 0 Å². The van der Waals surface area contributed by atoms with Crippen molar-refractivity contribution in [2.45, 2.75) is 20.0 Å². The number of aryl methyl sites for hydroxylation is 2. The molecule has 0 aliphatic heterocycles. The zero-order valence-corrected chi connectivity index (χ0v) is 12.5. The number of rotatable bonds is 1. The van der Waals surface area contributed by atoms with Crippen LogP contribution < -0.4 is 5.63 Å². The molecule has 0 saturated heterocycles. The van der Waals surface area contributed by atoms with Gasteiger partial charge in [-0.25, -0.2) is 4.79 Å². The molecule has 0 fully saturated rings. The standard InChI is InChI=1S/C18H13F3O2/c1-10-8-11(2)14-13(9-10)17(22)23-16(15(14)18(19,20)21)12-6-4-3-5-7-12/h3-9H,1-2H3. The van der Waals surface area contributed by atoms with Gasteiger partial charge in [-0.15, -0.1) is 0 Å². The first-order valence-corrected chi connectivity index (χ1v) is 6.99. The molecule has 1 aromatic heterocycles. The molecule has 5 heteroatoms. The van der Waals surface area contributed by atoms with Crippen LogP contribution in [0.5, 0.6) is 0 Å². The smallest absolute Gasteiger partial charge is 0.420 e. The zero-order chi connectivity index (χ0) is 16.8. The van der Waals surface area contributed by atoms with Gasteiger partial charge in [-0.05, 0) is 31.0 Å². The highest BCUT2D eigenvalue weighted by Crippen LogP contribution is 2.41. The lowest BCUT2D eigenvalue weighted by Crippen LogP contribution is -2.14. The van der Waals surface area contributed by atoms with E-state index in [9.17, 15) is 18.0 Å². The van der Waals surface area contributed by atoms with Crippen molar-refractivity contribution in [3.63, 3.8) is 0 Å². The summed E-state index contributed by atoms with van der Waals surface area (Å²) in [5.74, 6) is -0.442. The number of hydrogen-bond acceptors (Lipinski definition) is 2. The Balaban J connectivity index is 2.54. The number of alkyl halides is 3. The van der Waals surface area contributed by atoms with Gasteiger partial charge in [0.05, 0.1) is 5.39 Å². The Hall–Kier alpha value is -2.56. The van der Waals surface area contributed by atoms with E-state index in [2.05, 4.69) is 0 Å². The number of hydrogen-bond donors (Lipinski definition) is 0. The Morgan fingerprint density at radius 2 is 1.65 bits per heavy atom. The van der Waals surface area contributed by atoms with Crippen LogP contribution in [0, 0.1) is 13.8 Å². The van der Waals surface area contributed by atoms with Crippen LogP contribution in [0.15, 0.2) is 51.7 Å². The number of halogens is 3. The van der Waals surface area contributed by atoms with Crippen LogP contribution in [0.25, 0.3) is 22.1 Å². The predicted octanol–water partition coefficient (Wildman–Crippen LogP) is 5.10. The van der Waals surface area contributed by atoms with E-state index in [1.165, 1.54) is 18.2 Å². The fourth-order valence-corrected chi connectivity index (χ4v) is 2.84.